The molecule has 0 aromatic carbocycles. The monoisotopic (exact) mass is 264 g/mol. The quantitative estimate of drug-likeness (QED) is 0.805. The number of aromatic nitrogens is 2. The third-order valence-electron chi connectivity index (χ3n) is 3.48. The van der Waals surface area contributed by atoms with Crippen LogP contribution < -0.4 is 5.73 Å². The molecule has 1 saturated heterocycles. The Kier molecular flexibility index (Phi) is 3.99. The minimum absolute atomic E-state index is 0.0628. The zero-order valence-corrected chi connectivity index (χ0v) is 11.6. The van der Waals surface area contributed by atoms with Crippen molar-refractivity contribution in [3.8, 4) is 0 Å². The number of likely N-dealkylation sites (tertiary alicyclic amines) is 1. The van der Waals surface area contributed by atoms with Gasteiger partial charge in [-0.05, 0) is 12.8 Å². The number of nitrogen functional groups attached to an aromatic ring is 1. The van der Waals surface area contributed by atoms with Crippen LogP contribution in [0.1, 0.15) is 18.4 Å². The second-order valence-corrected chi connectivity index (χ2v) is 5.15. The zero-order chi connectivity index (χ0) is 14.0. The van der Waals surface area contributed by atoms with Crippen molar-refractivity contribution in [3.05, 3.63) is 17.6 Å². The van der Waals surface area contributed by atoms with Gasteiger partial charge in [0.25, 0.3) is 0 Å². The van der Waals surface area contributed by atoms with Gasteiger partial charge in [-0.2, -0.15) is 0 Å². The standard InChI is InChI=1S/C13H20N4O2/c1-8-5-17(6-10(8)13(18)19-3)7-12-15-9(2)4-11(14)16-12/h4,8,10H,5-7H2,1-3H3,(H2,14,15,16). The number of nitrogens with two attached hydrogens (primary N) is 1. The van der Waals surface area contributed by atoms with E-state index in [9.17, 15) is 4.79 Å². The minimum atomic E-state index is -0.139. The van der Waals surface area contributed by atoms with Gasteiger partial charge < -0.3 is 10.5 Å². The lowest BCUT2D eigenvalue weighted by atomic mass is 9.99. The number of nitrogens with zero attached hydrogens (tertiary/aromatic N) is 3. The van der Waals surface area contributed by atoms with Crippen LogP contribution in [-0.4, -0.2) is 41.0 Å². The van der Waals surface area contributed by atoms with E-state index >= 15 is 0 Å². The predicted molar refractivity (Wildman–Crippen MR) is 71.1 cm³/mol. The fraction of sp³-hybridized carbons (Fsp3) is 0.615. The first kappa shape index (κ1) is 13.7. The van der Waals surface area contributed by atoms with Crippen LogP contribution in [0.2, 0.25) is 0 Å². The largest absolute Gasteiger partial charge is 0.469 e. The van der Waals surface area contributed by atoms with Crippen LogP contribution in [0.4, 0.5) is 5.82 Å². The van der Waals surface area contributed by atoms with Gasteiger partial charge in [0.05, 0.1) is 19.6 Å². The van der Waals surface area contributed by atoms with Crippen LogP contribution in [0, 0.1) is 18.8 Å². The van der Waals surface area contributed by atoms with Gasteiger partial charge in [0.2, 0.25) is 0 Å². The molecule has 0 bridgehead atoms. The predicted octanol–water partition coefficient (Wildman–Crippen LogP) is 0.608. The summed E-state index contributed by atoms with van der Waals surface area (Å²) >= 11 is 0. The molecule has 2 atom stereocenters. The second kappa shape index (κ2) is 5.52. The molecule has 0 aliphatic carbocycles. The molecule has 0 amide bonds. The number of carbonyl (C=O) groups is 1. The summed E-state index contributed by atoms with van der Waals surface area (Å²) in [5, 5.41) is 0. The summed E-state index contributed by atoms with van der Waals surface area (Å²) in [6, 6.07) is 1.74. The van der Waals surface area contributed by atoms with Crippen molar-refractivity contribution >= 4 is 11.8 Å². The van der Waals surface area contributed by atoms with Gasteiger partial charge in [0.15, 0.2) is 0 Å². The van der Waals surface area contributed by atoms with Crippen molar-refractivity contribution in [1.29, 1.82) is 0 Å². The topological polar surface area (TPSA) is 81.3 Å². The lowest BCUT2D eigenvalue weighted by Gasteiger charge is -2.14. The summed E-state index contributed by atoms with van der Waals surface area (Å²) in [7, 11) is 1.43. The summed E-state index contributed by atoms with van der Waals surface area (Å²) in [5.74, 6) is 1.27. The molecule has 6 nitrogen and oxygen atoms in total. The number of ether oxygens (including phenoxy) is 1. The van der Waals surface area contributed by atoms with E-state index in [1.807, 2.05) is 6.92 Å². The average molecular weight is 264 g/mol. The highest BCUT2D eigenvalue weighted by atomic mass is 16.5. The second-order valence-electron chi connectivity index (χ2n) is 5.15. The Balaban J connectivity index is 2.03. The Hall–Kier alpha value is -1.69. The van der Waals surface area contributed by atoms with E-state index in [2.05, 4.69) is 21.8 Å². The summed E-state index contributed by atoms with van der Waals surface area (Å²) in [6.45, 7) is 6.10. The lowest BCUT2D eigenvalue weighted by Crippen LogP contribution is -2.25. The molecule has 1 aromatic rings. The van der Waals surface area contributed by atoms with Crippen LogP contribution in [0.25, 0.3) is 0 Å². The first-order valence-electron chi connectivity index (χ1n) is 6.40. The van der Waals surface area contributed by atoms with Crippen LogP contribution in [0.3, 0.4) is 0 Å². The molecule has 6 heteroatoms. The molecule has 1 aromatic heterocycles. The number of methoxy groups -OCH3 is 1. The molecule has 2 unspecified atom stereocenters. The Bertz CT molecular complexity index is 457. The summed E-state index contributed by atoms with van der Waals surface area (Å²) in [6.07, 6.45) is 0. The molecule has 19 heavy (non-hydrogen) atoms. The number of hydrogen-bond donors (Lipinski definition) is 1. The number of aryl methyl sites for hydroxylation is 1. The number of rotatable bonds is 3. The summed E-state index contributed by atoms with van der Waals surface area (Å²) < 4.78 is 4.82. The maximum Gasteiger partial charge on any atom is 0.310 e. The van der Waals surface area contributed by atoms with E-state index < -0.39 is 0 Å². The lowest BCUT2D eigenvalue weighted by molar-refractivity contribution is -0.146. The molecule has 2 N–H and O–H groups in total. The van der Waals surface area contributed by atoms with Gasteiger partial charge in [-0.15, -0.1) is 0 Å². The summed E-state index contributed by atoms with van der Waals surface area (Å²) in [5.41, 5.74) is 6.57. The summed E-state index contributed by atoms with van der Waals surface area (Å²) in [4.78, 5) is 22.4. The highest BCUT2D eigenvalue weighted by Gasteiger charge is 2.35. The van der Waals surface area contributed by atoms with Gasteiger partial charge in [0.1, 0.15) is 11.6 Å². The molecular formula is C13H20N4O2. The Labute approximate surface area is 113 Å². The van der Waals surface area contributed by atoms with Gasteiger partial charge in [-0.3, -0.25) is 9.69 Å². The molecule has 1 aliphatic rings. The fourth-order valence-electron chi connectivity index (χ4n) is 2.58. The first-order chi connectivity index (χ1) is 8.99. The van der Waals surface area contributed by atoms with E-state index in [-0.39, 0.29) is 17.8 Å². The Morgan fingerprint density at radius 1 is 1.53 bits per heavy atom. The molecule has 0 radical (unpaired) electrons. The van der Waals surface area contributed by atoms with Crippen molar-refractivity contribution < 1.29 is 9.53 Å². The number of carbonyl (C=O) groups excluding carboxylic acids is 1. The van der Waals surface area contributed by atoms with Crippen LogP contribution in [0.15, 0.2) is 6.07 Å². The van der Waals surface area contributed by atoms with Crippen molar-refractivity contribution in [2.24, 2.45) is 11.8 Å². The maximum absolute atomic E-state index is 11.6. The van der Waals surface area contributed by atoms with Crippen LogP contribution in [-0.2, 0) is 16.1 Å². The molecule has 1 fully saturated rings. The maximum atomic E-state index is 11.6. The zero-order valence-electron chi connectivity index (χ0n) is 11.6. The van der Waals surface area contributed by atoms with Crippen molar-refractivity contribution in [2.45, 2.75) is 20.4 Å². The van der Waals surface area contributed by atoms with E-state index in [0.717, 1.165) is 12.2 Å². The van der Waals surface area contributed by atoms with E-state index in [4.69, 9.17) is 10.5 Å². The van der Waals surface area contributed by atoms with Crippen molar-refractivity contribution in [1.82, 2.24) is 14.9 Å². The molecule has 1 aliphatic heterocycles. The average Bonchev–Trinajstić information content (AvgIpc) is 2.68. The van der Waals surface area contributed by atoms with E-state index in [1.165, 1.54) is 7.11 Å². The third-order valence-corrected chi connectivity index (χ3v) is 3.48. The number of esters is 1. The normalized spacial score (nSPS) is 23.5. The van der Waals surface area contributed by atoms with Crippen LogP contribution in [0.5, 0.6) is 0 Å². The SMILES string of the molecule is COC(=O)C1CN(Cc2nc(C)cc(N)n2)CC1C. The third kappa shape index (κ3) is 3.20. The first-order valence-corrected chi connectivity index (χ1v) is 6.40. The molecule has 0 saturated carbocycles. The van der Waals surface area contributed by atoms with Gasteiger partial charge in [0, 0.05) is 24.8 Å². The van der Waals surface area contributed by atoms with Gasteiger partial charge >= 0.3 is 5.97 Å². The molecule has 2 rings (SSSR count). The van der Waals surface area contributed by atoms with Crippen molar-refractivity contribution in [3.63, 3.8) is 0 Å². The van der Waals surface area contributed by atoms with E-state index in [0.29, 0.717) is 24.7 Å². The molecular weight excluding hydrogens is 244 g/mol. The smallest absolute Gasteiger partial charge is 0.310 e. The van der Waals surface area contributed by atoms with Crippen molar-refractivity contribution in [2.75, 3.05) is 25.9 Å². The molecule has 0 spiro atoms. The molecule has 2 heterocycles. The minimum Gasteiger partial charge on any atom is -0.469 e. The Morgan fingerprint density at radius 2 is 2.26 bits per heavy atom. The van der Waals surface area contributed by atoms with Gasteiger partial charge in [-0.1, -0.05) is 6.92 Å². The fourth-order valence-corrected chi connectivity index (χ4v) is 2.58. The van der Waals surface area contributed by atoms with Gasteiger partial charge in [-0.25, -0.2) is 9.97 Å². The van der Waals surface area contributed by atoms with E-state index in [1.54, 1.807) is 6.07 Å². The van der Waals surface area contributed by atoms with Crippen LogP contribution >= 0.6 is 0 Å². The number of hydrogen-bond acceptors (Lipinski definition) is 6. The highest BCUT2D eigenvalue weighted by molar-refractivity contribution is 5.73. The molecule has 104 valence electrons. The Morgan fingerprint density at radius 3 is 2.89 bits per heavy atom. The number of anilines is 1. The highest BCUT2D eigenvalue weighted by Crippen LogP contribution is 2.25.